The Morgan fingerprint density at radius 2 is 2.00 bits per heavy atom. The second-order valence-electron chi connectivity index (χ2n) is 5.66. The minimum atomic E-state index is -0.352. The van der Waals surface area contributed by atoms with Crippen molar-refractivity contribution in [2.45, 2.75) is 19.1 Å². The molecule has 1 aromatic carbocycles. The maximum Gasteiger partial charge on any atom is 0.324 e. The molecule has 1 aromatic heterocycles. The minimum Gasteiger partial charge on any atom is -0.411 e. The second-order valence-corrected chi connectivity index (χ2v) is 6.58. The predicted molar refractivity (Wildman–Crippen MR) is 99.1 cm³/mol. The molecule has 8 nitrogen and oxygen atoms in total. The van der Waals surface area contributed by atoms with Gasteiger partial charge in [0.05, 0.1) is 5.75 Å². The number of urea groups is 1. The number of rotatable bonds is 7. The Morgan fingerprint density at radius 3 is 2.62 bits per heavy atom. The van der Waals surface area contributed by atoms with Crippen molar-refractivity contribution < 1.29 is 14.0 Å². The maximum atomic E-state index is 12.0. The number of aromatic nitrogens is 2. The number of hydrogen-bond donors (Lipinski definition) is 1. The van der Waals surface area contributed by atoms with Gasteiger partial charge in [0.2, 0.25) is 11.8 Å². The Morgan fingerprint density at radius 1 is 1.27 bits per heavy atom. The summed E-state index contributed by atoms with van der Waals surface area (Å²) in [7, 11) is 0. The van der Waals surface area contributed by atoms with E-state index in [0.717, 1.165) is 36.1 Å². The van der Waals surface area contributed by atoms with Crippen LogP contribution >= 0.6 is 11.8 Å². The first kappa shape index (κ1) is 18.2. The molecule has 0 aliphatic carbocycles. The zero-order valence-electron chi connectivity index (χ0n) is 14.8. The van der Waals surface area contributed by atoms with Crippen molar-refractivity contribution >= 4 is 29.4 Å². The number of nitrogens with one attached hydrogen (secondary N) is 1. The maximum absolute atomic E-state index is 12.0. The molecule has 1 aliphatic rings. The van der Waals surface area contributed by atoms with Crippen LogP contribution in [0.5, 0.6) is 0 Å². The van der Waals surface area contributed by atoms with Gasteiger partial charge >= 0.3 is 6.03 Å². The van der Waals surface area contributed by atoms with Crippen molar-refractivity contribution in [3.05, 3.63) is 24.3 Å². The zero-order chi connectivity index (χ0) is 18.5. The summed E-state index contributed by atoms with van der Waals surface area (Å²) < 4.78 is 5.62. The van der Waals surface area contributed by atoms with Gasteiger partial charge in [-0.15, -0.1) is 10.2 Å². The van der Waals surface area contributed by atoms with E-state index in [1.54, 1.807) is 0 Å². The van der Waals surface area contributed by atoms with E-state index in [4.69, 9.17) is 4.42 Å². The highest BCUT2D eigenvalue weighted by Crippen LogP contribution is 2.25. The van der Waals surface area contributed by atoms with Gasteiger partial charge in [-0.1, -0.05) is 11.8 Å². The summed E-state index contributed by atoms with van der Waals surface area (Å²) in [4.78, 5) is 26.9. The van der Waals surface area contributed by atoms with E-state index in [9.17, 15) is 9.59 Å². The summed E-state index contributed by atoms with van der Waals surface area (Å²) in [5.74, 6) is 0.217. The summed E-state index contributed by atoms with van der Waals surface area (Å²) in [6, 6.07) is 7.57. The third-order valence-electron chi connectivity index (χ3n) is 4.13. The standard InChI is InChI=1S/C17H21N5O3S/c1-3-21(4-2)13-7-5-12(6-8-13)15-19-20-17(25-15)26-11-14(23)22-10-9-18-16(22)24/h5-8H,3-4,9-11H2,1-2H3,(H,18,24). The van der Waals surface area contributed by atoms with Gasteiger partial charge in [-0.05, 0) is 38.1 Å². The molecular formula is C17H21N5O3S. The summed E-state index contributed by atoms with van der Waals surface area (Å²) in [6.07, 6.45) is 0. The van der Waals surface area contributed by atoms with E-state index < -0.39 is 0 Å². The lowest BCUT2D eigenvalue weighted by atomic mass is 10.2. The fourth-order valence-electron chi connectivity index (χ4n) is 2.70. The highest BCUT2D eigenvalue weighted by Gasteiger charge is 2.26. The molecule has 1 aliphatic heterocycles. The van der Waals surface area contributed by atoms with E-state index in [-0.39, 0.29) is 17.7 Å². The van der Waals surface area contributed by atoms with Crippen molar-refractivity contribution in [3.8, 4) is 11.5 Å². The molecule has 0 atom stereocenters. The predicted octanol–water partition coefficient (Wildman–Crippen LogP) is 2.23. The van der Waals surface area contributed by atoms with E-state index in [0.29, 0.717) is 24.2 Å². The number of amides is 3. The lowest BCUT2D eigenvalue weighted by Crippen LogP contribution is -2.35. The van der Waals surface area contributed by atoms with E-state index in [1.165, 1.54) is 4.90 Å². The molecular weight excluding hydrogens is 354 g/mol. The Labute approximate surface area is 155 Å². The first-order chi connectivity index (χ1) is 12.6. The topological polar surface area (TPSA) is 91.6 Å². The molecule has 2 aromatic rings. The van der Waals surface area contributed by atoms with Gasteiger partial charge in [-0.25, -0.2) is 4.79 Å². The smallest absolute Gasteiger partial charge is 0.324 e. The normalized spacial score (nSPS) is 13.8. The van der Waals surface area contributed by atoms with E-state index in [2.05, 4.69) is 34.3 Å². The molecule has 0 spiro atoms. The largest absolute Gasteiger partial charge is 0.411 e. The molecule has 0 radical (unpaired) electrons. The number of imide groups is 1. The summed E-state index contributed by atoms with van der Waals surface area (Å²) in [5.41, 5.74) is 1.97. The number of hydrogen-bond acceptors (Lipinski definition) is 7. The van der Waals surface area contributed by atoms with Crippen LogP contribution in [-0.2, 0) is 4.79 Å². The van der Waals surface area contributed by atoms with Gasteiger partial charge in [-0.2, -0.15) is 0 Å². The molecule has 2 heterocycles. The van der Waals surface area contributed by atoms with Crippen LogP contribution in [0.2, 0.25) is 0 Å². The van der Waals surface area contributed by atoms with Crippen molar-refractivity contribution in [2.24, 2.45) is 0 Å². The molecule has 9 heteroatoms. The van der Waals surface area contributed by atoms with Crippen molar-refractivity contribution in [1.29, 1.82) is 0 Å². The molecule has 1 fully saturated rings. The van der Waals surface area contributed by atoms with Crippen molar-refractivity contribution in [2.75, 3.05) is 36.8 Å². The third-order valence-corrected chi connectivity index (χ3v) is 4.93. The quantitative estimate of drug-likeness (QED) is 0.742. The Balaban J connectivity index is 1.60. The SMILES string of the molecule is CCN(CC)c1ccc(-c2nnc(SCC(=O)N3CCNC3=O)o2)cc1. The molecule has 0 unspecified atom stereocenters. The lowest BCUT2D eigenvalue weighted by molar-refractivity contribution is -0.124. The van der Waals surface area contributed by atoms with Crippen molar-refractivity contribution in [3.63, 3.8) is 0 Å². The van der Waals surface area contributed by atoms with Crippen LogP contribution in [0.1, 0.15) is 13.8 Å². The van der Waals surface area contributed by atoms with Gasteiger partial charge in [0.15, 0.2) is 0 Å². The monoisotopic (exact) mass is 375 g/mol. The molecule has 0 saturated carbocycles. The lowest BCUT2D eigenvalue weighted by Gasteiger charge is -2.20. The zero-order valence-corrected chi connectivity index (χ0v) is 15.6. The minimum absolute atomic E-state index is 0.0793. The number of carbonyl (C=O) groups excluding carboxylic acids is 2. The van der Waals surface area contributed by atoms with Crippen LogP contribution in [0, 0.1) is 0 Å². The molecule has 3 amide bonds. The fraction of sp³-hybridized carbons (Fsp3) is 0.412. The molecule has 0 bridgehead atoms. The Hall–Kier alpha value is -2.55. The average Bonchev–Trinajstić information content (AvgIpc) is 3.30. The van der Waals surface area contributed by atoms with Crippen LogP contribution in [0.15, 0.2) is 33.9 Å². The fourth-order valence-corrected chi connectivity index (χ4v) is 3.34. The summed E-state index contributed by atoms with van der Waals surface area (Å²) in [6.45, 7) is 7.01. The number of thioether (sulfide) groups is 1. The van der Waals surface area contributed by atoms with Crippen LogP contribution in [0.25, 0.3) is 11.5 Å². The van der Waals surface area contributed by atoms with Gasteiger partial charge in [-0.3, -0.25) is 9.69 Å². The van der Waals surface area contributed by atoms with Crippen LogP contribution in [-0.4, -0.2) is 59.0 Å². The van der Waals surface area contributed by atoms with E-state index in [1.807, 2.05) is 24.3 Å². The van der Waals surface area contributed by atoms with Gasteiger partial charge in [0.25, 0.3) is 5.22 Å². The molecule has 1 N–H and O–H groups in total. The van der Waals surface area contributed by atoms with E-state index >= 15 is 0 Å². The molecule has 1 saturated heterocycles. The average molecular weight is 375 g/mol. The number of carbonyl (C=O) groups is 2. The summed E-state index contributed by atoms with van der Waals surface area (Å²) >= 11 is 1.13. The highest BCUT2D eigenvalue weighted by molar-refractivity contribution is 7.99. The van der Waals surface area contributed by atoms with Crippen LogP contribution < -0.4 is 10.2 Å². The number of anilines is 1. The third kappa shape index (κ3) is 3.98. The molecule has 3 rings (SSSR count). The van der Waals surface area contributed by atoms with Gasteiger partial charge in [0.1, 0.15) is 0 Å². The molecule has 138 valence electrons. The van der Waals surface area contributed by atoms with Crippen LogP contribution in [0.4, 0.5) is 10.5 Å². The van der Waals surface area contributed by atoms with Gasteiger partial charge in [0, 0.05) is 37.4 Å². The Bertz CT molecular complexity index is 773. The summed E-state index contributed by atoms with van der Waals surface area (Å²) in [5, 5.41) is 10.9. The first-order valence-electron chi connectivity index (χ1n) is 8.52. The number of nitrogens with zero attached hydrogens (tertiary/aromatic N) is 4. The van der Waals surface area contributed by atoms with Crippen LogP contribution in [0.3, 0.4) is 0 Å². The van der Waals surface area contributed by atoms with Gasteiger partial charge < -0.3 is 14.6 Å². The Kier molecular flexibility index (Phi) is 5.77. The van der Waals surface area contributed by atoms with Crippen molar-refractivity contribution in [1.82, 2.24) is 20.4 Å². The molecule has 26 heavy (non-hydrogen) atoms. The highest BCUT2D eigenvalue weighted by atomic mass is 32.2. The second kappa shape index (κ2) is 8.22. The number of benzene rings is 1. The first-order valence-corrected chi connectivity index (χ1v) is 9.50.